The van der Waals surface area contributed by atoms with Gasteiger partial charge >= 0.3 is 12.1 Å². The second-order valence-corrected chi connectivity index (χ2v) is 8.82. The van der Waals surface area contributed by atoms with Crippen LogP contribution >= 0.6 is 10.7 Å². The van der Waals surface area contributed by atoms with E-state index in [0.29, 0.717) is 0 Å². The first kappa shape index (κ1) is 20.2. The number of halogens is 1. The van der Waals surface area contributed by atoms with Crippen molar-refractivity contribution < 1.29 is 27.5 Å². The summed E-state index contributed by atoms with van der Waals surface area (Å²) in [6, 6.07) is 7.41. The molecule has 0 aliphatic rings. The van der Waals surface area contributed by atoms with Crippen LogP contribution in [0.1, 0.15) is 26.3 Å². The maximum Gasteiger partial charge on any atom is 0.408 e. The molecule has 1 aromatic rings. The van der Waals surface area contributed by atoms with Gasteiger partial charge in [0, 0.05) is 10.7 Å². The van der Waals surface area contributed by atoms with E-state index in [1.165, 1.54) is 0 Å². The maximum atomic E-state index is 12.0. The quantitative estimate of drug-likeness (QED) is 0.602. The molecule has 1 atom stereocenters. The van der Waals surface area contributed by atoms with Crippen molar-refractivity contribution in [1.82, 2.24) is 5.32 Å². The minimum Gasteiger partial charge on any atom is -0.458 e. The second-order valence-electron chi connectivity index (χ2n) is 6.00. The normalized spacial score (nSPS) is 13.0. The van der Waals surface area contributed by atoms with Gasteiger partial charge in [-0.15, -0.1) is 0 Å². The van der Waals surface area contributed by atoms with E-state index in [0.717, 1.165) is 5.56 Å². The van der Waals surface area contributed by atoms with Crippen LogP contribution in [-0.2, 0) is 29.9 Å². The van der Waals surface area contributed by atoms with Crippen LogP contribution in [0.25, 0.3) is 0 Å². The van der Waals surface area contributed by atoms with Crippen molar-refractivity contribution in [3.63, 3.8) is 0 Å². The highest BCUT2D eigenvalue weighted by Gasteiger charge is 2.31. The Morgan fingerprint density at radius 3 is 2.29 bits per heavy atom. The highest BCUT2D eigenvalue weighted by molar-refractivity contribution is 8.13. The fraction of sp³-hybridized carbons (Fsp3) is 0.467. The van der Waals surface area contributed by atoms with Crippen LogP contribution in [0.5, 0.6) is 0 Å². The number of hydrogen-bond acceptors (Lipinski definition) is 6. The summed E-state index contributed by atoms with van der Waals surface area (Å²) < 4.78 is 32.5. The Morgan fingerprint density at radius 1 is 1.21 bits per heavy atom. The average molecular weight is 378 g/mol. The molecule has 0 aliphatic carbocycles. The number of ether oxygens (including phenoxy) is 2. The molecule has 0 aliphatic heterocycles. The van der Waals surface area contributed by atoms with E-state index in [2.05, 4.69) is 5.32 Å². The molecule has 1 rings (SSSR count). The third-order valence-corrected chi connectivity index (χ3v) is 3.67. The van der Waals surface area contributed by atoms with Gasteiger partial charge in [0.25, 0.3) is 0 Å². The molecule has 24 heavy (non-hydrogen) atoms. The lowest BCUT2D eigenvalue weighted by Crippen LogP contribution is -2.47. The summed E-state index contributed by atoms with van der Waals surface area (Å²) >= 11 is 0. The summed E-state index contributed by atoms with van der Waals surface area (Å²) in [4.78, 5) is 23.8. The molecule has 1 amide bonds. The largest absolute Gasteiger partial charge is 0.458 e. The zero-order chi connectivity index (χ0) is 18.4. The van der Waals surface area contributed by atoms with E-state index in [1.807, 2.05) is 6.07 Å². The molecule has 0 spiro atoms. The molecule has 1 N–H and O–H groups in total. The lowest BCUT2D eigenvalue weighted by molar-refractivity contribution is -0.156. The van der Waals surface area contributed by atoms with Gasteiger partial charge in [0.2, 0.25) is 9.05 Å². The highest BCUT2D eigenvalue weighted by Crippen LogP contribution is 2.11. The Kier molecular flexibility index (Phi) is 7.04. The number of nitrogens with one attached hydrogen (secondary N) is 1. The topological polar surface area (TPSA) is 98.8 Å². The van der Waals surface area contributed by atoms with Crippen LogP contribution in [0.3, 0.4) is 0 Å². The van der Waals surface area contributed by atoms with Gasteiger partial charge in [0.15, 0.2) is 0 Å². The first-order chi connectivity index (χ1) is 11.0. The summed E-state index contributed by atoms with van der Waals surface area (Å²) in [6.07, 6.45) is -0.949. The van der Waals surface area contributed by atoms with Crippen molar-refractivity contribution in [2.45, 2.75) is 39.0 Å². The average Bonchev–Trinajstić information content (AvgIpc) is 2.42. The molecule has 0 aromatic heterocycles. The van der Waals surface area contributed by atoms with E-state index >= 15 is 0 Å². The molecular weight excluding hydrogens is 358 g/mol. The van der Waals surface area contributed by atoms with E-state index < -0.39 is 38.5 Å². The number of carbonyl (C=O) groups excluding carboxylic acids is 2. The molecule has 0 radical (unpaired) electrons. The molecule has 7 nitrogen and oxygen atoms in total. The fourth-order valence-electron chi connectivity index (χ4n) is 1.65. The van der Waals surface area contributed by atoms with Crippen LogP contribution in [0, 0.1) is 0 Å². The van der Waals surface area contributed by atoms with Crippen LogP contribution in [0.15, 0.2) is 30.3 Å². The molecule has 0 heterocycles. The Morgan fingerprint density at radius 2 is 1.79 bits per heavy atom. The van der Waals surface area contributed by atoms with Crippen molar-refractivity contribution in [2.24, 2.45) is 0 Å². The van der Waals surface area contributed by atoms with Crippen LogP contribution in [0.2, 0.25) is 0 Å². The fourth-order valence-corrected chi connectivity index (χ4v) is 2.64. The highest BCUT2D eigenvalue weighted by atomic mass is 35.7. The van der Waals surface area contributed by atoms with E-state index in [1.54, 1.807) is 45.0 Å². The van der Waals surface area contributed by atoms with Gasteiger partial charge in [-0.3, -0.25) is 0 Å². The van der Waals surface area contributed by atoms with Crippen molar-refractivity contribution in [2.75, 3.05) is 5.75 Å². The van der Waals surface area contributed by atoms with E-state index in [-0.39, 0.29) is 6.61 Å². The predicted octanol–water partition coefficient (Wildman–Crippen LogP) is 2.19. The lowest BCUT2D eigenvalue weighted by atomic mass is 10.2. The first-order valence-electron chi connectivity index (χ1n) is 7.09. The Labute approximate surface area is 145 Å². The maximum absolute atomic E-state index is 12.0. The summed E-state index contributed by atoms with van der Waals surface area (Å²) in [6.45, 7) is 4.82. The zero-order valence-corrected chi connectivity index (χ0v) is 15.2. The van der Waals surface area contributed by atoms with Crippen LogP contribution < -0.4 is 5.32 Å². The Hall–Kier alpha value is -1.80. The summed E-state index contributed by atoms with van der Waals surface area (Å²) in [5.41, 5.74) is -0.104. The van der Waals surface area contributed by atoms with Crippen LogP contribution in [-0.4, -0.2) is 37.9 Å². The minimum absolute atomic E-state index is 0.0265. The Balaban J connectivity index is 2.69. The van der Waals surface area contributed by atoms with Crippen molar-refractivity contribution in [3.8, 4) is 0 Å². The number of amides is 1. The molecule has 0 saturated heterocycles. The van der Waals surface area contributed by atoms with E-state index in [4.69, 9.17) is 20.2 Å². The number of carbonyl (C=O) groups is 2. The number of esters is 1. The van der Waals surface area contributed by atoms with Crippen molar-refractivity contribution in [1.29, 1.82) is 0 Å². The first-order valence-corrected chi connectivity index (χ1v) is 9.56. The summed E-state index contributed by atoms with van der Waals surface area (Å²) in [5.74, 6) is -1.72. The molecule has 1 aromatic carbocycles. The van der Waals surface area contributed by atoms with Gasteiger partial charge in [0.05, 0.1) is 5.75 Å². The SMILES string of the molecule is CC(C)(C)OC(=O)[C@@H](CS(=O)(=O)Cl)NC(=O)OCc1ccccc1. The third-order valence-electron chi connectivity index (χ3n) is 2.56. The Bertz CT molecular complexity index is 669. The second kappa shape index (κ2) is 8.34. The molecule has 9 heteroatoms. The zero-order valence-electron chi connectivity index (χ0n) is 13.6. The number of benzene rings is 1. The molecule has 0 bridgehead atoms. The van der Waals surface area contributed by atoms with Gasteiger partial charge in [0.1, 0.15) is 18.2 Å². The standard InChI is InChI=1S/C15H20ClNO6S/c1-15(2,3)23-13(18)12(10-24(16,20)21)17-14(19)22-9-11-7-5-4-6-8-11/h4-8,12H,9-10H2,1-3H3,(H,17,19)/t12-/m1/s1. The van der Waals surface area contributed by atoms with Gasteiger partial charge in [-0.2, -0.15) is 0 Å². The van der Waals surface area contributed by atoms with Gasteiger partial charge in [-0.25, -0.2) is 18.0 Å². The smallest absolute Gasteiger partial charge is 0.408 e. The number of rotatable bonds is 6. The van der Waals surface area contributed by atoms with Gasteiger partial charge < -0.3 is 14.8 Å². The third kappa shape index (κ3) is 8.73. The molecule has 0 saturated carbocycles. The predicted molar refractivity (Wildman–Crippen MR) is 89.0 cm³/mol. The van der Waals surface area contributed by atoms with Crippen molar-refractivity contribution in [3.05, 3.63) is 35.9 Å². The monoisotopic (exact) mass is 377 g/mol. The molecule has 134 valence electrons. The summed E-state index contributed by atoms with van der Waals surface area (Å²) in [7, 11) is 1.14. The minimum atomic E-state index is -4.04. The van der Waals surface area contributed by atoms with Crippen molar-refractivity contribution >= 4 is 31.8 Å². The van der Waals surface area contributed by atoms with Crippen LogP contribution in [0.4, 0.5) is 4.79 Å². The lowest BCUT2D eigenvalue weighted by Gasteiger charge is -2.23. The summed E-state index contributed by atoms with van der Waals surface area (Å²) in [5, 5.41) is 2.17. The number of alkyl carbamates (subject to hydrolysis) is 1. The molecular formula is C15H20ClNO6S. The van der Waals surface area contributed by atoms with E-state index in [9.17, 15) is 18.0 Å². The molecule has 0 fully saturated rings. The van der Waals surface area contributed by atoms with Gasteiger partial charge in [-0.1, -0.05) is 30.3 Å². The van der Waals surface area contributed by atoms with Gasteiger partial charge in [-0.05, 0) is 26.3 Å². The molecule has 0 unspecified atom stereocenters. The number of hydrogen-bond donors (Lipinski definition) is 1.